The van der Waals surface area contributed by atoms with Gasteiger partial charge in [0.05, 0.1) is 0 Å². The molecule has 0 saturated carbocycles. The normalized spacial score (nSPS) is 17.3. The Morgan fingerprint density at radius 3 is 1.87 bits per heavy atom. The summed E-state index contributed by atoms with van der Waals surface area (Å²) in [5, 5.41) is 2.82. The third kappa shape index (κ3) is 9.49. The Kier molecular flexibility index (Phi) is 11.2. The van der Waals surface area contributed by atoms with Gasteiger partial charge in [-0.1, -0.05) is 24.3 Å². The predicted octanol–water partition coefficient (Wildman–Crippen LogP) is 0.950. The van der Waals surface area contributed by atoms with Crippen molar-refractivity contribution < 1.29 is 52.5 Å². The fraction of sp³-hybridized carbons (Fsp3) is 0.538. The molecule has 2 rings (SSSR count). The van der Waals surface area contributed by atoms with Gasteiger partial charge in [0.25, 0.3) is 5.91 Å². The third-order valence-corrected chi connectivity index (χ3v) is 5.61. The van der Waals surface area contributed by atoms with Gasteiger partial charge in [-0.3, -0.25) is 28.8 Å². The molecule has 0 aromatic heterocycles. The lowest BCUT2D eigenvalue weighted by molar-refractivity contribution is -0.203. The van der Waals surface area contributed by atoms with Crippen LogP contribution in [-0.2, 0) is 65.3 Å². The maximum Gasteiger partial charge on any atom is 0.303 e. The molecule has 1 aromatic carbocycles. The summed E-state index contributed by atoms with van der Waals surface area (Å²) >= 11 is 0. The number of hydrogen-bond acceptors (Lipinski definition) is 11. The Bertz CT molecular complexity index is 1050. The molecule has 0 fully saturated rings. The molecule has 0 aliphatic heterocycles. The van der Waals surface area contributed by atoms with Gasteiger partial charge in [-0.05, 0) is 30.4 Å². The first-order valence-electron chi connectivity index (χ1n) is 12.1. The second-order valence-electron chi connectivity index (χ2n) is 8.85. The molecule has 208 valence electrons. The van der Waals surface area contributed by atoms with Crippen LogP contribution in [0.15, 0.2) is 24.3 Å². The number of hydrogen-bond donors (Lipinski definition) is 1. The van der Waals surface area contributed by atoms with Crippen LogP contribution in [0.3, 0.4) is 0 Å². The first-order valence-corrected chi connectivity index (χ1v) is 12.1. The monoisotopic (exact) mass is 535 g/mol. The summed E-state index contributed by atoms with van der Waals surface area (Å²) in [7, 11) is 0. The van der Waals surface area contributed by atoms with Crippen LogP contribution in [0.25, 0.3) is 0 Å². The minimum atomic E-state index is -1.80. The second-order valence-corrected chi connectivity index (χ2v) is 8.85. The van der Waals surface area contributed by atoms with E-state index in [9.17, 15) is 28.8 Å². The summed E-state index contributed by atoms with van der Waals surface area (Å²) in [5.74, 6) is -5.07. The molecule has 0 heterocycles. The highest BCUT2D eigenvalue weighted by Gasteiger charge is 2.47. The molecule has 1 amide bonds. The van der Waals surface area contributed by atoms with E-state index >= 15 is 0 Å². The Hall–Kier alpha value is -3.96. The number of esters is 5. The number of benzene rings is 1. The third-order valence-electron chi connectivity index (χ3n) is 5.61. The zero-order valence-corrected chi connectivity index (χ0v) is 22.0. The fourth-order valence-electron chi connectivity index (χ4n) is 4.20. The summed E-state index contributed by atoms with van der Waals surface area (Å²) in [4.78, 5) is 72.8. The van der Waals surface area contributed by atoms with Crippen molar-refractivity contribution in [3.63, 3.8) is 0 Å². The van der Waals surface area contributed by atoms with Crippen molar-refractivity contribution >= 4 is 35.8 Å². The van der Waals surface area contributed by atoms with E-state index in [1.54, 1.807) is 0 Å². The zero-order valence-electron chi connectivity index (χ0n) is 22.0. The van der Waals surface area contributed by atoms with Crippen molar-refractivity contribution in [1.82, 2.24) is 5.32 Å². The van der Waals surface area contributed by atoms with Gasteiger partial charge in [0.1, 0.15) is 6.61 Å². The molecule has 1 aliphatic rings. The van der Waals surface area contributed by atoms with Crippen molar-refractivity contribution in [1.29, 1.82) is 0 Å². The maximum absolute atomic E-state index is 13.5. The molecule has 38 heavy (non-hydrogen) atoms. The highest BCUT2D eigenvalue weighted by atomic mass is 16.6. The van der Waals surface area contributed by atoms with E-state index in [0.717, 1.165) is 45.7 Å². The van der Waals surface area contributed by atoms with Crippen LogP contribution < -0.4 is 5.32 Å². The average molecular weight is 536 g/mol. The summed E-state index contributed by atoms with van der Waals surface area (Å²) in [6, 6.07) is 7.46. The summed E-state index contributed by atoms with van der Waals surface area (Å²) in [5.41, 5.74) is 2.22. The molecule has 1 aromatic rings. The Labute approximate surface area is 220 Å². The number of rotatable bonds is 11. The van der Waals surface area contributed by atoms with E-state index < -0.39 is 66.8 Å². The SMILES string of the molecule is CC(=O)OC[C@@H](OC(C)=O)[C@@H](OC(C)=O)[C@H](OC(C)=O)[C@@H](OC(C)=O)C(=O)NC1CCc2ccccc2C1. The first kappa shape index (κ1) is 30.3. The zero-order chi connectivity index (χ0) is 28.4. The lowest BCUT2D eigenvalue weighted by Gasteiger charge is -2.35. The number of ether oxygens (including phenoxy) is 5. The fourth-order valence-corrected chi connectivity index (χ4v) is 4.20. The van der Waals surface area contributed by atoms with Crippen molar-refractivity contribution in [3.05, 3.63) is 35.4 Å². The number of carbonyl (C=O) groups is 6. The van der Waals surface area contributed by atoms with Crippen LogP contribution in [0.4, 0.5) is 0 Å². The second kappa shape index (κ2) is 14.1. The highest BCUT2D eigenvalue weighted by molar-refractivity contribution is 5.85. The number of fused-ring (bicyclic) bond motifs is 1. The highest BCUT2D eigenvalue weighted by Crippen LogP contribution is 2.23. The van der Waals surface area contributed by atoms with Crippen LogP contribution in [0.2, 0.25) is 0 Å². The van der Waals surface area contributed by atoms with Gasteiger partial charge in [-0.15, -0.1) is 0 Å². The molecule has 1 aliphatic carbocycles. The van der Waals surface area contributed by atoms with E-state index in [0.29, 0.717) is 19.3 Å². The van der Waals surface area contributed by atoms with E-state index in [1.165, 1.54) is 0 Å². The molecular formula is C26H33NO11. The van der Waals surface area contributed by atoms with Gasteiger partial charge < -0.3 is 29.0 Å². The molecule has 0 bridgehead atoms. The van der Waals surface area contributed by atoms with Crippen LogP contribution in [0.5, 0.6) is 0 Å². The van der Waals surface area contributed by atoms with Gasteiger partial charge in [-0.2, -0.15) is 0 Å². The summed E-state index contributed by atoms with van der Waals surface area (Å²) in [6.45, 7) is 4.68. The van der Waals surface area contributed by atoms with Gasteiger partial charge in [0, 0.05) is 40.7 Å². The number of aryl methyl sites for hydroxylation is 1. The Morgan fingerprint density at radius 1 is 0.763 bits per heavy atom. The van der Waals surface area contributed by atoms with Crippen molar-refractivity contribution in [2.45, 2.75) is 84.3 Å². The number of nitrogens with one attached hydrogen (secondary N) is 1. The minimum Gasteiger partial charge on any atom is -0.462 e. The van der Waals surface area contributed by atoms with Crippen LogP contribution >= 0.6 is 0 Å². The van der Waals surface area contributed by atoms with E-state index in [-0.39, 0.29) is 6.04 Å². The largest absolute Gasteiger partial charge is 0.462 e. The topological polar surface area (TPSA) is 161 Å². The lowest BCUT2D eigenvalue weighted by Crippen LogP contribution is -2.58. The van der Waals surface area contributed by atoms with Gasteiger partial charge >= 0.3 is 29.8 Å². The lowest BCUT2D eigenvalue weighted by atomic mass is 9.88. The van der Waals surface area contributed by atoms with Crippen molar-refractivity contribution in [2.75, 3.05) is 6.61 Å². The average Bonchev–Trinajstić information content (AvgIpc) is 2.81. The van der Waals surface area contributed by atoms with Crippen molar-refractivity contribution in [3.8, 4) is 0 Å². The van der Waals surface area contributed by atoms with E-state index in [1.807, 2.05) is 24.3 Å². The molecule has 1 unspecified atom stereocenters. The molecule has 12 heteroatoms. The summed E-state index contributed by atoms with van der Waals surface area (Å²) < 4.78 is 26.0. The summed E-state index contributed by atoms with van der Waals surface area (Å²) in [6.07, 6.45) is -4.91. The molecular weight excluding hydrogens is 502 g/mol. The molecule has 0 spiro atoms. The maximum atomic E-state index is 13.5. The quantitative estimate of drug-likeness (QED) is 0.317. The van der Waals surface area contributed by atoms with Crippen LogP contribution in [-0.4, -0.2) is 72.8 Å². The van der Waals surface area contributed by atoms with Gasteiger partial charge in [0.2, 0.25) is 6.10 Å². The first-order chi connectivity index (χ1) is 17.9. The van der Waals surface area contributed by atoms with Crippen LogP contribution in [0, 0.1) is 0 Å². The molecule has 1 N–H and O–H groups in total. The van der Waals surface area contributed by atoms with Gasteiger partial charge in [-0.25, -0.2) is 0 Å². The van der Waals surface area contributed by atoms with E-state index in [4.69, 9.17) is 23.7 Å². The van der Waals surface area contributed by atoms with Gasteiger partial charge in [0.15, 0.2) is 18.3 Å². The van der Waals surface area contributed by atoms with Crippen LogP contribution in [0.1, 0.15) is 52.2 Å². The molecule has 0 radical (unpaired) electrons. The van der Waals surface area contributed by atoms with E-state index in [2.05, 4.69) is 5.32 Å². The number of amides is 1. The molecule has 5 atom stereocenters. The Morgan fingerprint density at radius 2 is 1.32 bits per heavy atom. The number of carbonyl (C=O) groups excluding carboxylic acids is 6. The minimum absolute atomic E-state index is 0.328. The smallest absolute Gasteiger partial charge is 0.303 e. The predicted molar refractivity (Wildman–Crippen MR) is 129 cm³/mol. The molecule has 0 saturated heterocycles. The Balaban J connectivity index is 2.43. The molecule has 12 nitrogen and oxygen atoms in total. The van der Waals surface area contributed by atoms with Crippen molar-refractivity contribution in [2.24, 2.45) is 0 Å². The standard InChI is InChI=1S/C26H33NO11/c1-14(28)34-13-22(35-15(2)29)23(36-16(3)30)24(37-17(4)31)25(38-18(5)32)26(33)27-21-11-10-19-8-6-7-9-20(19)12-21/h6-9,21-25H,10-13H2,1-5H3,(H,27,33)/t21?,22-,23-,24+,25-/m1/s1.